The van der Waals surface area contributed by atoms with Crippen molar-refractivity contribution in [2.45, 2.75) is 17.2 Å². The molecule has 0 radical (unpaired) electrons. The molecule has 88 valence electrons. The highest BCUT2D eigenvalue weighted by Gasteiger charge is 2.20. The Morgan fingerprint density at radius 3 is 2.62 bits per heavy atom. The van der Waals surface area contributed by atoms with Gasteiger partial charge in [0.15, 0.2) is 0 Å². The van der Waals surface area contributed by atoms with Gasteiger partial charge in [-0.1, -0.05) is 11.3 Å². The molecule has 0 unspecified atom stereocenters. The minimum absolute atomic E-state index is 0.0224. The van der Waals surface area contributed by atoms with Gasteiger partial charge < -0.3 is 4.90 Å². The van der Waals surface area contributed by atoms with Crippen molar-refractivity contribution < 1.29 is 8.42 Å². The van der Waals surface area contributed by atoms with Gasteiger partial charge in [-0.25, -0.2) is 8.42 Å². The van der Waals surface area contributed by atoms with E-state index in [0.29, 0.717) is 11.6 Å². The molecule has 1 heterocycles. The lowest BCUT2D eigenvalue weighted by atomic mass is 10.4. The van der Waals surface area contributed by atoms with E-state index in [0.717, 1.165) is 11.3 Å². The molecule has 1 aromatic rings. The predicted molar refractivity (Wildman–Crippen MR) is 61.1 cm³/mol. The monoisotopic (exact) mass is 260 g/mol. The molecule has 1 rings (SSSR count). The predicted octanol–water partition coefficient (Wildman–Crippen LogP) is 0.682. The molecule has 0 N–H and O–H groups in total. The molecule has 0 atom stereocenters. The minimum atomic E-state index is -3.38. The van der Waals surface area contributed by atoms with Gasteiger partial charge >= 0.3 is 0 Å². The van der Waals surface area contributed by atoms with Crippen molar-refractivity contribution in [1.82, 2.24) is 10.2 Å². The van der Waals surface area contributed by atoms with Crippen LogP contribution in [0.3, 0.4) is 0 Å². The molecule has 0 bridgehead atoms. The highest BCUT2D eigenvalue weighted by atomic mass is 32.2. The smallest absolute Gasteiger partial charge is 0.234 e. The number of sulfone groups is 1. The van der Waals surface area contributed by atoms with Crippen molar-refractivity contribution in [3.05, 3.63) is 0 Å². The number of hydrogen-bond donors (Lipinski definition) is 0. The summed E-state index contributed by atoms with van der Waals surface area (Å²) in [5.74, 6) is -0.0530. The number of nitriles is 1. The van der Waals surface area contributed by atoms with E-state index in [1.165, 1.54) is 0 Å². The lowest BCUT2D eigenvalue weighted by Gasteiger charge is -2.03. The molecule has 8 heteroatoms. The quantitative estimate of drug-likeness (QED) is 0.724. The maximum Gasteiger partial charge on any atom is 0.234 e. The normalized spacial score (nSPS) is 11.1. The molecule has 0 amide bonds. The van der Waals surface area contributed by atoms with Crippen LogP contribution in [0, 0.1) is 11.3 Å². The standard InChI is InChI=1S/C8H12N4O2S2/c1-12(2)7-10-11-8(15-7)16(13,14)6-4-3-5-9/h3-4,6H2,1-2H3. The molecule has 16 heavy (non-hydrogen) atoms. The average Bonchev–Trinajstić information content (AvgIpc) is 2.67. The van der Waals surface area contributed by atoms with Gasteiger partial charge in [0.25, 0.3) is 0 Å². The van der Waals surface area contributed by atoms with Crippen LogP contribution in [0.2, 0.25) is 0 Å². The third kappa shape index (κ3) is 3.15. The van der Waals surface area contributed by atoms with E-state index in [2.05, 4.69) is 10.2 Å². The SMILES string of the molecule is CN(C)c1nnc(S(=O)(=O)CCCC#N)s1. The fraction of sp³-hybridized carbons (Fsp3) is 0.625. The summed E-state index contributed by atoms with van der Waals surface area (Å²) < 4.78 is 23.5. The molecule has 0 fully saturated rings. The molecule has 0 saturated carbocycles. The number of rotatable bonds is 5. The van der Waals surface area contributed by atoms with Crippen LogP contribution in [0.5, 0.6) is 0 Å². The lowest BCUT2D eigenvalue weighted by molar-refractivity contribution is 0.591. The first-order valence-electron chi connectivity index (χ1n) is 4.58. The third-order valence-corrected chi connectivity index (χ3v) is 5.08. The topological polar surface area (TPSA) is 87.0 Å². The largest absolute Gasteiger partial charge is 0.353 e. The maximum atomic E-state index is 11.7. The Hall–Kier alpha value is -1.20. The number of anilines is 1. The van der Waals surface area contributed by atoms with E-state index in [1.54, 1.807) is 19.0 Å². The van der Waals surface area contributed by atoms with Crippen molar-refractivity contribution >= 4 is 26.3 Å². The van der Waals surface area contributed by atoms with E-state index in [9.17, 15) is 8.42 Å². The summed E-state index contributed by atoms with van der Waals surface area (Å²) in [6.07, 6.45) is 0.564. The summed E-state index contributed by atoms with van der Waals surface area (Å²) in [5, 5.41) is 16.3. The van der Waals surface area contributed by atoms with Gasteiger partial charge in [-0.05, 0) is 6.42 Å². The second kappa shape index (κ2) is 5.23. The Morgan fingerprint density at radius 1 is 1.44 bits per heavy atom. The minimum Gasteiger partial charge on any atom is -0.353 e. The third-order valence-electron chi connectivity index (χ3n) is 1.75. The van der Waals surface area contributed by atoms with Crippen molar-refractivity contribution in [2.75, 3.05) is 24.7 Å². The fourth-order valence-electron chi connectivity index (χ4n) is 0.937. The molecule has 6 nitrogen and oxygen atoms in total. The van der Waals surface area contributed by atoms with Crippen molar-refractivity contribution in [3.63, 3.8) is 0 Å². The Bertz CT molecular complexity index is 486. The van der Waals surface area contributed by atoms with Crippen LogP contribution >= 0.6 is 11.3 Å². The zero-order valence-electron chi connectivity index (χ0n) is 9.04. The van der Waals surface area contributed by atoms with Gasteiger partial charge in [0.05, 0.1) is 11.8 Å². The van der Waals surface area contributed by atoms with E-state index in [-0.39, 0.29) is 16.5 Å². The summed E-state index contributed by atoms with van der Waals surface area (Å²) >= 11 is 1.04. The number of hydrogen-bond acceptors (Lipinski definition) is 7. The summed E-state index contributed by atoms with van der Waals surface area (Å²) in [7, 11) is 0.163. The fourth-order valence-corrected chi connectivity index (χ4v) is 3.29. The molecule has 0 aliphatic rings. The van der Waals surface area contributed by atoms with Crippen molar-refractivity contribution in [1.29, 1.82) is 5.26 Å². The number of nitrogens with zero attached hydrogens (tertiary/aromatic N) is 4. The van der Waals surface area contributed by atoms with E-state index in [4.69, 9.17) is 5.26 Å². The number of aromatic nitrogens is 2. The first-order chi connectivity index (χ1) is 7.47. The molecule has 1 aromatic heterocycles. The van der Waals surface area contributed by atoms with Crippen LogP contribution in [-0.4, -0.2) is 38.5 Å². The summed E-state index contributed by atoms with van der Waals surface area (Å²) in [6, 6.07) is 1.91. The first-order valence-corrected chi connectivity index (χ1v) is 7.05. The van der Waals surface area contributed by atoms with Gasteiger partial charge in [-0.15, -0.1) is 10.2 Å². The highest BCUT2D eigenvalue weighted by Crippen LogP contribution is 2.23. The maximum absolute atomic E-state index is 11.7. The van der Waals surface area contributed by atoms with E-state index < -0.39 is 9.84 Å². The zero-order valence-corrected chi connectivity index (χ0v) is 10.7. The Morgan fingerprint density at radius 2 is 2.12 bits per heavy atom. The lowest BCUT2D eigenvalue weighted by Crippen LogP contribution is -2.07. The van der Waals surface area contributed by atoms with Gasteiger partial charge in [0.2, 0.25) is 19.3 Å². The van der Waals surface area contributed by atoms with E-state index >= 15 is 0 Å². The van der Waals surface area contributed by atoms with Gasteiger partial charge in [0.1, 0.15) is 0 Å². The zero-order chi connectivity index (χ0) is 12.2. The van der Waals surface area contributed by atoms with Crippen molar-refractivity contribution in [3.8, 4) is 6.07 Å². The number of unbranched alkanes of at least 4 members (excludes halogenated alkanes) is 1. The summed E-state index contributed by atoms with van der Waals surface area (Å²) in [5.41, 5.74) is 0. The highest BCUT2D eigenvalue weighted by molar-refractivity contribution is 7.93. The molecular weight excluding hydrogens is 248 g/mol. The average molecular weight is 260 g/mol. The molecular formula is C8H12N4O2S2. The van der Waals surface area contributed by atoms with Crippen LogP contribution in [0.25, 0.3) is 0 Å². The Labute approximate surface area is 98.4 Å². The van der Waals surface area contributed by atoms with Crippen LogP contribution in [0.4, 0.5) is 5.13 Å². The Kier molecular flexibility index (Phi) is 4.20. The molecule has 0 aliphatic carbocycles. The molecule has 0 aromatic carbocycles. The van der Waals surface area contributed by atoms with Crippen LogP contribution < -0.4 is 4.90 Å². The van der Waals surface area contributed by atoms with Gasteiger partial charge in [-0.2, -0.15) is 5.26 Å². The molecule has 0 spiro atoms. The van der Waals surface area contributed by atoms with Crippen molar-refractivity contribution in [2.24, 2.45) is 0 Å². The van der Waals surface area contributed by atoms with Crippen LogP contribution in [0.1, 0.15) is 12.8 Å². The van der Waals surface area contributed by atoms with Gasteiger partial charge in [0, 0.05) is 20.5 Å². The second-order valence-corrected chi connectivity index (χ2v) is 6.56. The second-order valence-electron chi connectivity index (χ2n) is 3.33. The van der Waals surface area contributed by atoms with Crippen LogP contribution in [0.15, 0.2) is 4.34 Å². The molecule has 0 aliphatic heterocycles. The molecule has 0 saturated heterocycles. The summed E-state index contributed by atoms with van der Waals surface area (Å²) in [6.45, 7) is 0. The summed E-state index contributed by atoms with van der Waals surface area (Å²) in [4.78, 5) is 1.70. The van der Waals surface area contributed by atoms with Gasteiger partial charge in [-0.3, -0.25) is 0 Å². The first kappa shape index (κ1) is 12.9. The van der Waals surface area contributed by atoms with Crippen LogP contribution in [-0.2, 0) is 9.84 Å². The van der Waals surface area contributed by atoms with E-state index in [1.807, 2.05) is 6.07 Å². The Balaban J connectivity index is 2.79.